The number of hydrogen-bond donors (Lipinski definition) is 1. The summed E-state index contributed by atoms with van der Waals surface area (Å²) in [5.74, 6) is 3.04. The number of nitrogens with one attached hydrogen (secondary N) is 1. The first kappa shape index (κ1) is 30.9. The Balaban J connectivity index is 0.928. The number of piperazine rings is 1. The summed E-state index contributed by atoms with van der Waals surface area (Å²) in [6, 6.07) is 7.67. The molecule has 0 spiro atoms. The van der Waals surface area contributed by atoms with E-state index >= 15 is 0 Å². The van der Waals surface area contributed by atoms with Crippen LogP contribution in [0.25, 0.3) is 11.0 Å². The van der Waals surface area contributed by atoms with Gasteiger partial charge in [-0.15, -0.1) is 0 Å². The Bertz CT molecular complexity index is 1500. The minimum atomic E-state index is -0.360. The number of benzene rings is 1. The highest BCUT2D eigenvalue weighted by molar-refractivity contribution is 5.84. The maximum atomic E-state index is 12.9. The number of ether oxygens (including phenoxy) is 1. The highest BCUT2D eigenvalue weighted by Crippen LogP contribution is 2.66. The van der Waals surface area contributed by atoms with Gasteiger partial charge in [0.25, 0.3) is 0 Å². The molecule has 2 aromatic rings. The number of Topliss-reactive ketones (excluding diaryl/α,β-unsaturated/α-hetero) is 1. The Morgan fingerprint density at radius 1 is 0.978 bits per heavy atom. The van der Waals surface area contributed by atoms with E-state index in [2.05, 4.69) is 42.1 Å². The van der Waals surface area contributed by atoms with Crippen molar-refractivity contribution >= 4 is 28.3 Å². The van der Waals surface area contributed by atoms with Gasteiger partial charge in [0.15, 0.2) is 0 Å². The molecule has 0 radical (unpaired) electrons. The summed E-state index contributed by atoms with van der Waals surface area (Å²) in [6.45, 7) is 9.35. The van der Waals surface area contributed by atoms with Crippen LogP contribution in [-0.2, 0) is 20.7 Å². The highest BCUT2D eigenvalue weighted by atomic mass is 16.5. The maximum absolute atomic E-state index is 12.9. The van der Waals surface area contributed by atoms with E-state index < -0.39 is 0 Å². The zero-order valence-electron chi connectivity index (χ0n) is 27.4. The second-order valence-corrected chi connectivity index (χ2v) is 15.5. The van der Waals surface area contributed by atoms with E-state index in [9.17, 15) is 14.4 Å². The first-order chi connectivity index (χ1) is 21.6. The number of fused-ring (bicyclic) bond motifs is 6. The predicted octanol–water partition coefficient (Wildman–Crippen LogP) is 5.20. The van der Waals surface area contributed by atoms with Gasteiger partial charge in [0.2, 0.25) is 5.91 Å². The molecule has 4 aliphatic carbocycles. The summed E-state index contributed by atoms with van der Waals surface area (Å²) in [5, 5.41) is 3.96. The van der Waals surface area contributed by atoms with Crippen molar-refractivity contribution in [2.45, 2.75) is 84.2 Å². The van der Waals surface area contributed by atoms with Crippen molar-refractivity contribution in [3.63, 3.8) is 0 Å². The predicted molar refractivity (Wildman–Crippen MR) is 175 cm³/mol. The van der Waals surface area contributed by atoms with Crippen LogP contribution in [0.15, 0.2) is 33.5 Å². The van der Waals surface area contributed by atoms with E-state index in [1.807, 2.05) is 12.1 Å². The van der Waals surface area contributed by atoms with Crippen molar-refractivity contribution in [2.75, 3.05) is 51.3 Å². The van der Waals surface area contributed by atoms with Crippen molar-refractivity contribution in [2.24, 2.45) is 34.5 Å². The Morgan fingerprint density at radius 2 is 1.78 bits per heavy atom. The van der Waals surface area contributed by atoms with Gasteiger partial charge in [-0.2, -0.15) is 0 Å². The summed E-state index contributed by atoms with van der Waals surface area (Å²) in [5.41, 5.74) is 2.64. The molecule has 0 unspecified atom stereocenters. The molecule has 5 fully saturated rings. The van der Waals surface area contributed by atoms with Crippen molar-refractivity contribution in [3.05, 3.63) is 40.2 Å². The fraction of sp³-hybridized carbons (Fsp3) is 0.703. The molecule has 244 valence electrons. The smallest absolute Gasteiger partial charge is 0.336 e. The number of nitrogens with zero attached hydrogens (tertiary/aromatic N) is 2. The molecule has 4 saturated carbocycles. The molecule has 2 heterocycles. The molecular formula is C37H51N3O5. The molecule has 1 aromatic carbocycles. The van der Waals surface area contributed by atoms with Crippen LogP contribution in [0, 0.1) is 34.5 Å². The number of likely N-dealkylation sites (N-methyl/N-ethyl adjacent to an activating group) is 1. The van der Waals surface area contributed by atoms with Crippen molar-refractivity contribution in [3.8, 4) is 0 Å². The van der Waals surface area contributed by atoms with Gasteiger partial charge in [-0.25, -0.2) is 4.79 Å². The number of hydrogen-bond acceptors (Lipinski definition) is 7. The number of anilines is 1. The molecular weight excluding hydrogens is 566 g/mol. The number of carbonyl (C=O) groups is 2. The molecule has 0 bridgehead atoms. The Kier molecular flexibility index (Phi) is 8.34. The van der Waals surface area contributed by atoms with Crippen LogP contribution in [0.5, 0.6) is 0 Å². The van der Waals surface area contributed by atoms with Crippen LogP contribution in [0.3, 0.4) is 0 Å². The summed E-state index contributed by atoms with van der Waals surface area (Å²) >= 11 is 0. The minimum absolute atomic E-state index is 0.0784. The average Bonchev–Trinajstić information content (AvgIpc) is 3.36. The average molecular weight is 618 g/mol. The van der Waals surface area contributed by atoms with E-state index in [4.69, 9.17) is 9.15 Å². The topological polar surface area (TPSA) is 92.1 Å². The number of rotatable bonds is 7. The lowest BCUT2D eigenvalue weighted by molar-refractivity contribution is -0.148. The summed E-state index contributed by atoms with van der Waals surface area (Å²) < 4.78 is 12.0. The van der Waals surface area contributed by atoms with Gasteiger partial charge in [0.05, 0.1) is 6.10 Å². The van der Waals surface area contributed by atoms with Crippen LogP contribution in [-0.4, -0.2) is 69.1 Å². The van der Waals surface area contributed by atoms with Gasteiger partial charge in [-0.1, -0.05) is 13.8 Å². The van der Waals surface area contributed by atoms with Gasteiger partial charge in [0.1, 0.15) is 18.0 Å². The lowest BCUT2D eigenvalue weighted by Gasteiger charge is -2.60. The molecule has 7 rings (SSSR count). The molecule has 1 saturated heterocycles. The normalized spacial score (nSPS) is 35.1. The Morgan fingerprint density at radius 3 is 2.60 bits per heavy atom. The molecule has 1 aliphatic heterocycles. The zero-order chi connectivity index (χ0) is 31.3. The molecule has 8 nitrogen and oxygen atoms in total. The quantitative estimate of drug-likeness (QED) is 0.427. The van der Waals surface area contributed by atoms with Crippen molar-refractivity contribution in [1.82, 2.24) is 10.2 Å². The lowest BCUT2D eigenvalue weighted by atomic mass is 9.45. The van der Waals surface area contributed by atoms with Gasteiger partial charge in [-0.05, 0) is 111 Å². The highest BCUT2D eigenvalue weighted by Gasteiger charge is 2.60. The second kappa shape index (κ2) is 12.1. The van der Waals surface area contributed by atoms with Crippen molar-refractivity contribution < 1.29 is 18.7 Å². The third-order valence-electron chi connectivity index (χ3n) is 13.2. The lowest BCUT2D eigenvalue weighted by Crippen LogP contribution is -2.54. The van der Waals surface area contributed by atoms with Crippen LogP contribution >= 0.6 is 0 Å². The fourth-order valence-corrected chi connectivity index (χ4v) is 10.5. The summed E-state index contributed by atoms with van der Waals surface area (Å²) in [4.78, 5) is 42.2. The molecule has 45 heavy (non-hydrogen) atoms. The zero-order valence-corrected chi connectivity index (χ0v) is 27.4. The SMILES string of the molecule is CN1CCN(c2ccc3c(CCNC(=O)CO[C@H]4CC[C@H]5[C@@H]6CC[C@H]7CC(=O)CC[C@]7(C)[C@H]6CC[C@]45C)cc(=O)oc3c2)CC1. The molecule has 1 N–H and O–H groups in total. The Hall–Kier alpha value is -2.71. The maximum Gasteiger partial charge on any atom is 0.336 e. The first-order valence-electron chi connectivity index (χ1n) is 17.5. The number of amides is 1. The van der Waals surface area contributed by atoms with Gasteiger partial charge >= 0.3 is 5.63 Å². The third-order valence-corrected chi connectivity index (χ3v) is 13.2. The molecule has 5 aliphatic rings. The van der Waals surface area contributed by atoms with Gasteiger partial charge in [-0.3, -0.25) is 9.59 Å². The monoisotopic (exact) mass is 617 g/mol. The summed E-state index contributed by atoms with van der Waals surface area (Å²) in [6.07, 6.45) is 10.3. The first-order valence-corrected chi connectivity index (χ1v) is 17.5. The standard InChI is InChI=1S/C37H51N3O5/c1-36-13-10-27(41)21-25(36)4-6-29-30-8-9-33(37(30,2)14-11-31(29)36)44-23-34(42)38-15-12-24-20-35(43)45-32-22-26(5-7-28(24)32)40-18-16-39(3)17-19-40/h5,7,20,22,25,29-31,33H,4,6,8-19,21,23H2,1-3H3,(H,38,42)/t25-,29-,30-,31-,33-,36-,37-/m0/s1. The van der Waals surface area contributed by atoms with Crippen molar-refractivity contribution in [1.29, 1.82) is 0 Å². The second-order valence-electron chi connectivity index (χ2n) is 15.5. The fourth-order valence-electron chi connectivity index (χ4n) is 10.5. The van der Waals surface area contributed by atoms with Gasteiger partial charge in [0, 0.05) is 68.8 Å². The van der Waals surface area contributed by atoms with Crippen LogP contribution in [0.4, 0.5) is 5.69 Å². The van der Waals surface area contributed by atoms with Crippen LogP contribution in [0.1, 0.15) is 77.2 Å². The van der Waals surface area contributed by atoms with E-state index in [0.29, 0.717) is 41.6 Å². The molecule has 8 heteroatoms. The number of ketones is 1. The molecule has 1 amide bonds. The van der Waals surface area contributed by atoms with Crippen LogP contribution in [0.2, 0.25) is 0 Å². The minimum Gasteiger partial charge on any atom is -0.423 e. The van der Waals surface area contributed by atoms with E-state index in [0.717, 1.165) is 86.8 Å². The third kappa shape index (κ3) is 5.75. The Labute approximate surface area is 267 Å². The van der Waals surface area contributed by atoms with E-state index in [1.165, 1.54) is 25.7 Å². The number of carbonyl (C=O) groups excluding carboxylic acids is 2. The van der Waals surface area contributed by atoms with Gasteiger partial charge < -0.3 is 24.3 Å². The van der Waals surface area contributed by atoms with Crippen LogP contribution < -0.4 is 15.8 Å². The van der Waals surface area contributed by atoms with E-state index in [1.54, 1.807) is 6.07 Å². The largest absolute Gasteiger partial charge is 0.423 e. The van der Waals surface area contributed by atoms with E-state index in [-0.39, 0.29) is 29.7 Å². The summed E-state index contributed by atoms with van der Waals surface area (Å²) in [7, 11) is 2.14. The molecule has 7 atom stereocenters. The molecule has 1 aromatic heterocycles.